The summed E-state index contributed by atoms with van der Waals surface area (Å²) < 4.78 is 6.43. The van der Waals surface area contributed by atoms with E-state index in [4.69, 9.17) is 10.6 Å². The summed E-state index contributed by atoms with van der Waals surface area (Å²) in [4.78, 5) is 0. The van der Waals surface area contributed by atoms with Crippen LogP contribution in [0.2, 0.25) is 0 Å². The first-order valence-corrected chi connectivity index (χ1v) is 11.8. The molecule has 0 bridgehead atoms. The van der Waals surface area contributed by atoms with Gasteiger partial charge in [-0.2, -0.15) is 0 Å². The summed E-state index contributed by atoms with van der Waals surface area (Å²) in [6.45, 7) is 11.7. The standard InChI is InChI=1S/C25H42N2O/c1-6-7-17-15-25(5)18(14-22(17)27-26)8-9-19-20-10-11-23(28-16(2)3)24(20,4)13-12-21(19)25/h6-7,16,18-21,23,27H,8-15,26H2,1-5H3/b7-6-/t18-,19-,20-,21-,23-,24-,25-/m0/s1. The summed E-state index contributed by atoms with van der Waals surface area (Å²) >= 11 is 0. The molecule has 3 nitrogen and oxygen atoms in total. The fraction of sp³-hybridized carbons (Fsp3) is 0.840. The Bertz CT molecular complexity index is 653. The van der Waals surface area contributed by atoms with Gasteiger partial charge in [-0.1, -0.05) is 26.0 Å². The van der Waals surface area contributed by atoms with E-state index >= 15 is 0 Å². The zero-order valence-corrected chi connectivity index (χ0v) is 18.8. The van der Waals surface area contributed by atoms with Crippen LogP contribution in [0.3, 0.4) is 0 Å². The van der Waals surface area contributed by atoms with Gasteiger partial charge < -0.3 is 10.2 Å². The van der Waals surface area contributed by atoms with Crippen LogP contribution in [0.1, 0.15) is 86.0 Å². The molecule has 0 aliphatic heterocycles. The lowest BCUT2D eigenvalue weighted by atomic mass is 9.45. The summed E-state index contributed by atoms with van der Waals surface area (Å²) in [6.07, 6.45) is 15.8. The Morgan fingerprint density at radius 3 is 2.50 bits per heavy atom. The molecule has 3 fully saturated rings. The van der Waals surface area contributed by atoms with Crippen LogP contribution in [0, 0.1) is 34.5 Å². The number of nitrogens with two attached hydrogens (primary N) is 1. The monoisotopic (exact) mass is 386 g/mol. The Balaban J connectivity index is 1.61. The van der Waals surface area contributed by atoms with E-state index in [1.165, 1.54) is 56.2 Å². The van der Waals surface area contributed by atoms with Crippen molar-refractivity contribution in [1.82, 2.24) is 5.43 Å². The molecule has 4 aliphatic rings. The van der Waals surface area contributed by atoms with Gasteiger partial charge in [0.15, 0.2) is 0 Å². The molecule has 4 aliphatic carbocycles. The summed E-state index contributed by atoms with van der Waals surface area (Å²) in [5.74, 6) is 9.30. The van der Waals surface area contributed by atoms with Gasteiger partial charge >= 0.3 is 0 Å². The van der Waals surface area contributed by atoms with Crippen LogP contribution in [-0.2, 0) is 4.74 Å². The van der Waals surface area contributed by atoms with Crippen LogP contribution in [0.5, 0.6) is 0 Å². The Morgan fingerprint density at radius 2 is 1.82 bits per heavy atom. The number of rotatable bonds is 4. The number of hydrogen-bond donors (Lipinski definition) is 2. The lowest BCUT2D eigenvalue weighted by Crippen LogP contribution is -2.54. The van der Waals surface area contributed by atoms with E-state index in [0.29, 0.717) is 23.0 Å². The number of fused-ring (bicyclic) bond motifs is 5. The summed E-state index contributed by atoms with van der Waals surface area (Å²) in [5, 5.41) is 0. The Morgan fingerprint density at radius 1 is 1.07 bits per heavy atom. The van der Waals surface area contributed by atoms with Crippen LogP contribution in [0.25, 0.3) is 0 Å². The van der Waals surface area contributed by atoms with E-state index in [0.717, 1.165) is 30.1 Å². The molecule has 0 unspecified atom stereocenters. The fourth-order valence-corrected chi connectivity index (χ4v) is 8.06. The van der Waals surface area contributed by atoms with Gasteiger partial charge in [-0.25, -0.2) is 0 Å². The third-order valence-corrected chi connectivity index (χ3v) is 9.37. The van der Waals surface area contributed by atoms with Crippen LogP contribution in [0.4, 0.5) is 0 Å². The van der Waals surface area contributed by atoms with E-state index in [1.807, 2.05) is 0 Å². The largest absolute Gasteiger partial charge is 0.375 e. The van der Waals surface area contributed by atoms with Crippen molar-refractivity contribution in [3.63, 3.8) is 0 Å². The minimum Gasteiger partial charge on any atom is -0.375 e. The normalized spacial score (nSPS) is 45.9. The summed E-state index contributed by atoms with van der Waals surface area (Å²) in [6, 6.07) is 0. The number of allylic oxidation sites excluding steroid dienone is 4. The van der Waals surface area contributed by atoms with E-state index in [9.17, 15) is 0 Å². The fourth-order valence-electron chi connectivity index (χ4n) is 8.06. The lowest BCUT2D eigenvalue weighted by molar-refractivity contribution is -0.131. The predicted molar refractivity (Wildman–Crippen MR) is 116 cm³/mol. The van der Waals surface area contributed by atoms with Crippen molar-refractivity contribution in [2.24, 2.45) is 40.3 Å². The number of ether oxygens (including phenoxy) is 1. The van der Waals surface area contributed by atoms with E-state index in [2.05, 4.69) is 52.2 Å². The molecule has 0 spiro atoms. The molecular formula is C25H42N2O. The zero-order valence-electron chi connectivity index (χ0n) is 18.8. The molecule has 4 rings (SSSR count). The lowest BCUT2D eigenvalue weighted by Gasteiger charge is -2.60. The van der Waals surface area contributed by atoms with Gasteiger partial charge in [-0.05, 0) is 112 Å². The van der Waals surface area contributed by atoms with Crippen molar-refractivity contribution in [2.75, 3.05) is 0 Å². The smallest absolute Gasteiger partial charge is 0.0635 e. The number of hydrazine groups is 1. The highest BCUT2D eigenvalue weighted by Crippen LogP contribution is 2.67. The third-order valence-electron chi connectivity index (χ3n) is 9.37. The molecule has 0 aromatic rings. The molecule has 3 N–H and O–H groups in total. The Hall–Kier alpha value is -0.800. The average Bonchev–Trinajstić information content (AvgIpc) is 2.97. The summed E-state index contributed by atoms with van der Waals surface area (Å²) in [7, 11) is 0. The molecular weight excluding hydrogens is 344 g/mol. The molecule has 0 amide bonds. The minimum atomic E-state index is 0.348. The van der Waals surface area contributed by atoms with Crippen molar-refractivity contribution in [2.45, 2.75) is 98.2 Å². The first kappa shape index (κ1) is 20.5. The maximum absolute atomic E-state index is 6.43. The van der Waals surface area contributed by atoms with E-state index in [-0.39, 0.29) is 0 Å². The maximum atomic E-state index is 6.43. The molecule has 3 saturated carbocycles. The molecule has 0 aromatic carbocycles. The number of nitrogens with one attached hydrogen (secondary N) is 1. The van der Waals surface area contributed by atoms with Crippen molar-refractivity contribution in [3.8, 4) is 0 Å². The molecule has 0 heterocycles. The molecule has 0 saturated heterocycles. The van der Waals surface area contributed by atoms with Gasteiger partial charge in [0.05, 0.1) is 12.2 Å². The van der Waals surface area contributed by atoms with Crippen LogP contribution in [0.15, 0.2) is 23.4 Å². The highest BCUT2D eigenvalue weighted by atomic mass is 16.5. The number of hydrogen-bond acceptors (Lipinski definition) is 3. The molecule has 28 heavy (non-hydrogen) atoms. The predicted octanol–water partition coefficient (Wildman–Crippen LogP) is 5.73. The SMILES string of the molecule is C/C=C\C1=C(NN)C[C@@H]2CC[C@@H]3[C@H](CC[C@]4(C)[C@@H](OC(C)C)CC[C@@H]34)[C@@]2(C)C1. The van der Waals surface area contributed by atoms with E-state index in [1.54, 1.807) is 0 Å². The van der Waals surface area contributed by atoms with Gasteiger partial charge in [0.2, 0.25) is 0 Å². The van der Waals surface area contributed by atoms with Crippen molar-refractivity contribution in [1.29, 1.82) is 0 Å². The van der Waals surface area contributed by atoms with Crippen LogP contribution >= 0.6 is 0 Å². The second-order valence-electron chi connectivity index (χ2n) is 11.0. The molecule has 0 radical (unpaired) electrons. The second-order valence-corrected chi connectivity index (χ2v) is 11.0. The first-order valence-electron chi connectivity index (χ1n) is 11.8. The average molecular weight is 387 g/mol. The van der Waals surface area contributed by atoms with Crippen molar-refractivity contribution >= 4 is 0 Å². The van der Waals surface area contributed by atoms with Crippen LogP contribution < -0.4 is 11.3 Å². The highest BCUT2D eigenvalue weighted by molar-refractivity contribution is 5.31. The molecule has 7 atom stereocenters. The van der Waals surface area contributed by atoms with Crippen molar-refractivity contribution < 1.29 is 4.74 Å². The molecule has 3 heteroatoms. The quantitative estimate of drug-likeness (QED) is 0.479. The molecule has 0 aromatic heterocycles. The topological polar surface area (TPSA) is 47.3 Å². The Kier molecular flexibility index (Phi) is 5.46. The van der Waals surface area contributed by atoms with Gasteiger partial charge in [0.25, 0.3) is 0 Å². The van der Waals surface area contributed by atoms with Gasteiger partial charge in [-0.15, -0.1) is 0 Å². The summed E-state index contributed by atoms with van der Waals surface area (Å²) in [5.41, 5.74) is 6.60. The molecule has 158 valence electrons. The van der Waals surface area contributed by atoms with Gasteiger partial charge in [-0.3, -0.25) is 5.84 Å². The van der Waals surface area contributed by atoms with Crippen LogP contribution in [-0.4, -0.2) is 12.2 Å². The first-order chi connectivity index (χ1) is 13.3. The Labute approximate surface area is 172 Å². The van der Waals surface area contributed by atoms with E-state index < -0.39 is 0 Å². The van der Waals surface area contributed by atoms with Gasteiger partial charge in [0, 0.05) is 5.70 Å². The minimum absolute atomic E-state index is 0.348. The zero-order chi connectivity index (χ0) is 20.1. The third kappa shape index (κ3) is 3.08. The van der Waals surface area contributed by atoms with Crippen molar-refractivity contribution in [3.05, 3.63) is 23.4 Å². The highest BCUT2D eigenvalue weighted by Gasteiger charge is 2.60. The second kappa shape index (κ2) is 7.47. The maximum Gasteiger partial charge on any atom is 0.0635 e. The van der Waals surface area contributed by atoms with Gasteiger partial charge in [0.1, 0.15) is 0 Å².